The van der Waals surface area contributed by atoms with Gasteiger partial charge in [0.1, 0.15) is 12.2 Å². The maximum Gasteiger partial charge on any atom is 0.303 e. The molecule has 0 radical (unpaired) electrons. The van der Waals surface area contributed by atoms with Crippen LogP contribution in [-0.2, 0) is 23.8 Å². The Kier molecular flexibility index (Phi) is 6.52. The number of carbonyl (C=O) groups is 2. The Labute approximate surface area is 188 Å². The number of esters is 1. The number of piperidine rings is 1. The van der Waals surface area contributed by atoms with Crippen molar-refractivity contribution in [2.24, 2.45) is 5.41 Å². The number of anilines is 1. The van der Waals surface area contributed by atoms with Crippen LogP contribution in [0.15, 0.2) is 12.3 Å². The second kappa shape index (κ2) is 9.19. The highest BCUT2D eigenvalue weighted by Crippen LogP contribution is 2.31. The van der Waals surface area contributed by atoms with Gasteiger partial charge in [-0.1, -0.05) is 20.8 Å². The number of likely N-dealkylation sites (tertiary alicyclic amines) is 1. The summed E-state index contributed by atoms with van der Waals surface area (Å²) in [6.07, 6.45) is 1.93. The first kappa shape index (κ1) is 22.7. The molecule has 3 aliphatic rings. The summed E-state index contributed by atoms with van der Waals surface area (Å²) in [6, 6.07) is 1.89. The molecule has 0 aliphatic carbocycles. The third-order valence-corrected chi connectivity index (χ3v) is 5.94. The van der Waals surface area contributed by atoms with Gasteiger partial charge in [0.05, 0.1) is 13.2 Å². The lowest BCUT2D eigenvalue weighted by atomic mass is 9.93. The molecule has 4 atom stereocenters. The van der Waals surface area contributed by atoms with E-state index >= 15 is 0 Å². The molecule has 10 nitrogen and oxygen atoms in total. The Morgan fingerprint density at radius 3 is 2.44 bits per heavy atom. The molecule has 3 fully saturated rings. The van der Waals surface area contributed by atoms with Crippen LogP contribution >= 0.6 is 0 Å². The summed E-state index contributed by atoms with van der Waals surface area (Å²) in [5.74, 6) is 0.748. The summed E-state index contributed by atoms with van der Waals surface area (Å²) in [7, 11) is 0. The van der Waals surface area contributed by atoms with Gasteiger partial charge in [-0.25, -0.2) is 4.98 Å². The largest absolute Gasteiger partial charge is 0.469 e. The zero-order valence-electron chi connectivity index (χ0n) is 19.1. The summed E-state index contributed by atoms with van der Waals surface area (Å²) in [6.45, 7) is 9.28. The number of rotatable bonds is 5. The van der Waals surface area contributed by atoms with Crippen LogP contribution in [0.2, 0.25) is 0 Å². The molecule has 3 saturated heterocycles. The number of nitrogens with zero attached hydrogens (tertiary/aromatic N) is 3. The monoisotopic (exact) mass is 448 g/mol. The van der Waals surface area contributed by atoms with Gasteiger partial charge in [-0.15, -0.1) is 0 Å². The average Bonchev–Trinajstić information content (AvgIpc) is 3.31. The van der Waals surface area contributed by atoms with Crippen molar-refractivity contribution >= 4 is 17.8 Å². The molecule has 1 aromatic rings. The fraction of sp³-hybridized carbons (Fsp3) is 0.727. The van der Waals surface area contributed by atoms with E-state index in [2.05, 4.69) is 15.3 Å². The fourth-order valence-electron chi connectivity index (χ4n) is 4.36. The average molecular weight is 449 g/mol. The van der Waals surface area contributed by atoms with Crippen molar-refractivity contribution < 1.29 is 28.5 Å². The Morgan fingerprint density at radius 2 is 1.78 bits per heavy atom. The Morgan fingerprint density at radius 1 is 1.12 bits per heavy atom. The van der Waals surface area contributed by atoms with Crippen molar-refractivity contribution in [2.75, 3.05) is 31.6 Å². The van der Waals surface area contributed by atoms with E-state index in [1.54, 1.807) is 12.3 Å². The van der Waals surface area contributed by atoms with Crippen molar-refractivity contribution in [1.82, 2.24) is 14.9 Å². The van der Waals surface area contributed by atoms with E-state index in [1.165, 1.54) is 6.92 Å². The van der Waals surface area contributed by atoms with Gasteiger partial charge in [-0.05, 0) is 12.8 Å². The van der Waals surface area contributed by atoms with Gasteiger partial charge in [-0.2, -0.15) is 4.98 Å². The van der Waals surface area contributed by atoms with Crippen LogP contribution in [0, 0.1) is 5.41 Å². The molecular formula is C22H32N4O6. The molecule has 1 N–H and O–H groups in total. The van der Waals surface area contributed by atoms with E-state index in [-0.39, 0.29) is 41.6 Å². The molecule has 0 bridgehead atoms. The molecule has 1 aromatic heterocycles. The van der Waals surface area contributed by atoms with Crippen molar-refractivity contribution in [3.05, 3.63) is 12.3 Å². The molecule has 0 saturated carbocycles. The van der Waals surface area contributed by atoms with Gasteiger partial charge in [0.15, 0.2) is 12.2 Å². The van der Waals surface area contributed by atoms with E-state index in [4.69, 9.17) is 18.9 Å². The van der Waals surface area contributed by atoms with Crippen molar-refractivity contribution in [3.8, 4) is 5.88 Å². The van der Waals surface area contributed by atoms with Crippen LogP contribution in [0.3, 0.4) is 0 Å². The highest BCUT2D eigenvalue weighted by atomic mass is 16.7. The third kappa shape index (κ3) is 5.12. The van der Waals surface area contributed by atoms with Crippen LogP contribution in [0.25, 0.3) is 0 Å². The molecule has 176 valence electrons. The van der Waals surface area contributed by atoms with Crippen molar-refractivity contribution in [1.29, 1.82) is 0 Å². The second-order valence-electron chi connectivity index (χ2n) is 9.58. The minimum Gasteiger partial charge on any atom is -0.469 e. The lowest BCUT2D eigenvalue weighted by Crippen LogP contribution is -2.46. The number of hydrogen-bond acceptors (Lipinski definition) is 9. The predicted octanol–water partition coefficient (Wildman–Crippen LogP) is 1.40. The van der Waals surface area contributed by atoms with Crippen LogP contribution in [0.4, 0.5) is 5.95 Å². The Bertz CT molecular complexity index is 836. The van der Waals surface area contributed by atoms with Crippen LogP contribution < -0.4 is 10.1 Å². The zero-order valence-corrected chi connectivity index (χ0v) is 19.1. The zero-order chi connectivity index (χ0) is 22.9. The summed E-state index contributed by atoms with van der Waals surface area (Å²) in [5.41, 5.74) is -0.362. The van der Waals surface area contributed by atoms with Crippen molar-refractivity contribution in [3.63, 3.8) is 0 Å². The van der Waals surface area contributed by atoms with E-state index in [9.17, 15) is 9.59 Å². The van der Waals surface area contributed by atoms with E-state index in [1.807, 2.05) is 25.7 Å². The van der Waals surface area contributed by atoms with Gasteiger partial charge in [0.25, 0.3) is 0 Å². The molecule has 1 amide bonds. The molecule has 32 heavy (non-hydrogen) atoms. The van der Waals surface area contributed by atoms with E-state index in [0.717, 1.165) is 12.8 Å². The van der Waals surface area contributed by atoms with Crippen LogP contribution in [-0.4, -0.2) is 83.5 Å². The third-order valence-electron chi connectivity index (χ3n) is 5.94. The predicted molar refractivity (Wildman–Crippen MR) is 114 cm³/mol. The summed E-state index contributed by atoms with van der Waals surface area (Å²) in [5, 5.41) is 3.36. The fourth-order valence-corrected chi connectivity index (χ4v) is 4.36. The number of fused-ring (bicyclic) bond motifs is 1. The minimum atomic E-state index is -0.412. The first-order valence-corrected chi connectivity index (χ1v) is 11.2. The smallest absolute Gasteiger partial charge is 0.303 e. The number of amides is 1. The molecule has 4 heterocycles. The first-order valence-electron chi connectivity index (χ1n) is 11.2. The molecule has 3 aliphatic heterocycles. The van der Waals surface area contributed by atoms with Crippen LogP contribution in [0.1, 0.15) is 40.5 Å². The van der Waals surface area contributed by atoms with Crippen LogP contribution in [0.5, 0.6) is 5.88 Å². The first-order chi connectivity index (χ1) is 15.2. The topological polar surface area (TPSA) is 112 Å². The highest BCUT2D eigenvalue weighted by Gasteiger charge is 2.50. The van der Waals surface area contributed by atoms with Crippen molar-refractivity contribution in [2.45, 2.75) is 71.0 Å². The molecule has 0 spiro atoms. The summed E-state index contributed by atoms with van der Waals surface area (Å²) < 4.78 is 22.8. The van der Waals surface area contributed by atoms with Gasteiger partial charge < -0.3 is 29.2 Å². The van der Waals surface area contributed by atoms with Gasteiger partial charge >= 0.3 is 5.97 Å². The number of ether oxygens (including phenoxy) is 4. The van der Waals surface area contributed by atoms with E-state index in [0.29, 0.717) is 38.1 Å². The molecule has 4 rings (SSSR count). The minimum absolute atomic E-state index is 0.185. The number of hydrogen-bond donors (Lipinski definition) is 1. The lowest BCUT2D eigenvalue weighted by Gasteiger charge is -2.36. The van der Waals surface area contributed by atoms with Gasteiger partial charge in [0, 0.05) is 43.7 Å². The molecule has 1 unspecified atom stereocenters. The summed E-state index contributed by atoms with van der Waals surface area (Å²) >= 11 is 0. The molecule has 10 heteroatoms. The second-order valence-corrected chi connectivity index (χ2v) is 9.58. The Balaban J connectivity index is 1.30. The van der Waals surface area contributed by atoms with Gasteiger partial charge in [0.2, 0.25) is 17.7 Å². The SMILES string of the molecule is CC(=O)O[C@H]1CO[C@@H]2C(Oc3ccnc(NC4CCN(C(=O)C(C)(C)C)CC4)n3)CO[C@H]12. The Hall–Kier alpha value is -2.46. The van der Waals surface area contributed by atoms with Gasteiger partial charge in [-0.3, -0.25) is 9.59 Å². The lowest BCUT2D eigenvalue weighted by molar-refractivity contribution is -0.151. The number of aromatic nitrogens is 2. The molecular weight excluding hydrogens is 416 g/mol. The summed E-state index contributed by atoms with van der Waals surface area (Å²) in [4.78, 5) is 34.4. The maximum atomic E-state index is 12.5. The quantitative estimate of drug-likeness (QED) is 0.668. The normalized spacial score (nSPS) is 28.3. The number of carbonyl (C=O) groups excluding carboxylic acids is 2. The van der Waals surface area contributed by atoms with E-state index < -0.39 is 6.10 Å². The molecule has 0 aromatic carbocycles. The maximum absolute atomic E-state index is 12.5. The highest BCUT2D eigenvalue weighted by molar-refractivity contribution is 5.81. The standard InChI is InChI=1S/C22H32N4O6/c1-13(27)31-15-11-29-19-16(12-30-18(15)19)32-17-5-8-23-21(25-17)24-14-6-9-26(10-7-14)20(28)22(2,3)4/h5,8,14-16,18-19H,6-7,9-12H2,1-4H3,(H,23,24,25)/t15-,16?,18+,19+/m0/s1. The number of nitrogens with one attached hydrogen (secondary N) is 1.